The lowest BCUT2D eigenvalue weighted by molar-refractivity contribution is 0.457. The Kier molecular flexibility index (Phi) is 27.6. The van der Waals surface area contributed by atoms with E-state index in [0.717, 1.165) is 11.8 Å². The van der Waals surface area contributed by atoms with Gasteiger partial charge in [-0.15, -0.1) is 13.2 Å². The topological polar surface area (TPSA) is 0 Å². The van der Waals surface area contributed by atoms with Crippen LogP contribution in [0.1, 0.15) is 114 Å². The van der Waals surface area contributed by atoms with Gasteiger partial charge in [0, 0.05) is 0 Å². The number of hydrogen-bond acceptors (Lipinski definition) is 0. The van der Waals surface area contributed by atoms with E-state index in [4.69, 9.17) is 0 Å². The average molecular weight is 403 g/mol. The maximum Gasteiger partial charge on any atom is -0.00935 e. The molecule has 2 aliphatic carbocycles. The van der Waals surface area contributed by atoms with Crippen LogP contribution >= 0.6 is 0 Å². The second-order valence-electron chi connectivity index (χ2n) is 7.52. The minimum Gasteiger partial charge on any atom is -0.106 e. The van der Waals surface area contributed by atoms with Crippen molar-refractivity contribution < 1.29 is 0 Å². The zero-order valence-corrected chi connectivity index (χ0v) is 21.6. The number of allylic oxidation sites excluding steroid dienone is 8. The first-order chi connectivity index (χ1) is 14.0. The van der Waals surface area contributed by atoms with Crippen LogP contribution < -0.4 is 0 Å². The Bertz CT molecular complexity index is 454. The molecule has 0 aromatic carbocycles. The van der Waals surface area contributed by atoms with Crippen LogP contribution in [0.5, 0.6) is 0 Å². The quantitative estimate of drug-likeness (QED) is 0.324. The molecule has 0 aromatic rings. The molecule has 0 aliphatic heterocycles. The Morgan fingerprint density at radius 3 is 2.07 bits per heavy atom. The molecule has 2 rings (SSSR count). The summed E-state index contributed by atoms with van der Waals surface area (Å²) in [6.45, 7) is 25.2. The lowest BCUT2D eigenvalue weighted by Crippen LogP contribution is -2.09. The molecule has 2 aliphatic rings. The van der Waals surface area contributed by atoms with Gasteiger partial charge in [0.05, 0.1) is 0 Å². The van der Waals surface area contributed by atoms with Crippen LogP contribution in [0.25, 0.3) is 0 Å². The fourth-order valence-electron chi connectivity index (χ4n) is 3.57. The molecule has 2 unspecified atom stereocenters. The van der Waals surface area contributed by atoms with E-state index >= 15 is 0 Å². The molecule has 1 saturated carbocycles. The Morgan fingerprint density at radius 1 is 1.03 bits per heavy atom. The molecule has 0 radical (unpaired) electrons. The molecule has 0 saturated heterocycles. The largest absolute Gasteiger partial charge is 0.106 e. The minimum absolute atomic E-state index is 0.811. The summed E-state index contributed by atoms with van der Waals surface area (Å²) in [7, 11) is 0. The first-order valence-electron chi connectivity index (χ1n) is 12.2. The van der Waals surface area contributed by atoms with Crippen LogP contribution in [-0.2, 0) is 0 Å². The van der Waals surface area contributed by atoms with Crippen molar-refractivity contribution in [1.82, 2.24) is 0 Å². The van der Waals surface area contributed by atoms with Crippen LogP contribution in [0.2, 0.25) is 0 Å². The van der Waals surface area contributed by atoms with Crippen molar-refractivity contribution in [2.75, 3.05) is 0 Å². The van der Waals surface area contributed by atoms with E-state index in [1.165, 1.54) is 56.9 Å². The summed E-state index contributed by atoms with van der Waals surface area (Å²) in [5.41, 5.74) is 4.66. The van der Waals surface area contributed by atoms with Gasteiger partial charge in [-0.3, -0.25) is 0 Å². The molecule has 0 N–H and O–H groups in total. The predicted octanol–water partition coefficient (Wildman–Crippen LogP) is 10.6. The second kappa shape index (κ2) is 24.7. The van der Waals surface area contributed by atoms with Crippen molar-refractivity contribution in [2.45, 2.75) is 114 Å². The second-order valence-corrected chi connectivity index (χ2v) is 7.52. The average Bonchev–Trinajstić information content (AvgIpc) is 3.13. The van der Waals surface area contributed by atoms with Crippen LogP contribution in [-0.4, -0.2) is 0 Å². The van der Waals surface area contributed by atoms with Gasteiger partial charge in [-0.25, -0.2) is 0 Å². The lowest BCUT2D eigenvalue weighted by atomic mass is 9.85. The molecule has 0 amide bonds. The van der Waals surface area contributed by atoms with E-state index in [0.29, 0.717) is 0 Å². The fourth-order valence-corrected chi connectivity index (χ4v) is 3.57. The van der Waals surface area contributed by atoms with Crippen LogP contribution in [0.3, 0.4) is 0 Å². The first kappa shape index (κ1) is 32.4. The molecule has 0 spiro atoms. The standard InChI is InChI=1S/C13H18.C9H18.C3H8.C2H6.C2H4/c1-3-10-9-11-7-5-6-8-13(11)12(10)4-2;1-4-5-6-7-8-9(2)3;1-3-2;2*1-2/h3-5,7,11,13H,6,8-9H2,1-2H3;8H,4-7H2,1-3H3;3H2,1-2H3;1-2H3;1-2H2/b10-3-,12-4+;;;;. The molecule has 29 heavy (non-hydrogen) atoms. The van der Waals surface area contributed by atoms with Crippen molar-refractivity contribution in [2.24, 2.45) is 11.8 Å². The molecule has 0 bridgehead atoms. The van der Waals surface area contributed by atoms with Crippen molar-refractivity contribution >= 4 is 0 Å². The summed E-state index contributed by atoms with van der Waals surface area (Å²) in [6.07, 6.45) is 22.2. The van der Waals surface area contributed by atoms with Gasteiger partial charge in [0.25, 0.3) is 0 Å². The lowest BCUT2D eigenvalue weighted by Gasteiger charge is -2.20. The summed E-state index contributed by atoms with van der Waals surface area (Å²) in [5, 5.41) is 0. The summed E-state index contributed by atoms with van der Waals surface area (Å²) >= 11 is 0. The Labute approximate surface area is 186 Å². The predicted molar refractivity (Wildman–Crippen MR) is 140 cm³/mol. The van der Waals surface area contributed by atoms with Crippen LogP contribution in [0, 0.1) is 11.8 Å². The number of unbranched alkanes of at least 4 members (excludes halogenated alkanes) is 3. The van der Waals surface area contributed by atoms with Gasteiger partial charge in [-0.2, -0.15) is 0 Å². The summed E-state index contributed by atoms with van der Waals surface area (Å²) < 4.78 is 0. The highest BCUT2D eigenvalue weighted by Crippen LogP contribution is 2.45. The summed E-state index contributed by atoms with van der Waals surface area (Å²) in [4.78, 5) is 0. The summed E-state index contributed by atoms with van der Waals surface area (Å²) in [5.74, 6) is 1.65. The van der Waals surface area contributed by atoms with Crippen molar-refractivity contribution in [1.29, 1.82) is 0 Å². The molecule has 0 aromatic heterocycles. The number of rotatable bonds is 4. The molecule has 1 fully saturated rings. The Hall–Kier alpha value is -1.30. The number of hydrogen-bond donors (Lipinski definition) is 0. The van der Waals surface area contributed by atoms with E-state index in [1.54, 1.807) is 11.1 Å². The smallest absolute Gasteiger partial charge is 0.00935 e. The van der Waals surface area contributed by atoms with Gasteiger partial charge < -0.3 is 0 Å². The van der Waals surface area contributed by atoms with E-state index in [9.17, 15) is 0 Å². The monoisotopic (exact) mass is 402 g/mol. The summed E-state index contributed by atoms with van der Waals surface area (Å²) in [6, 6.07) is 0. The van der Waals surface area contributed by atoms with E-state index in [2.05, 4.69) is 92.0 Å². The zero-order chi connectivity index (χ0) is 23.1. The molecule has 0 heteroatoms. The maximum atomic E-state index is 3.00. The molecule has 2 atom stereocenters. The molecule has 0 nitrogen and oxygen atoms in total. The van der Waals surface area contributed by atoms with E-state index in [-0.39, 0.29) is 0 Å². The van der Waals surface area contributed by atoms with E-state index < -0.39 is 0 Å². The highest BCUT2D eigenvalue weighted by molar-refractivity contribution is 5.40. The van der Waals surface area contributed by atoms with Gasteiger partial charge in [0.15, 0.2) is 0 Å². The van der Waals surface area contributed by atoms with Gasteiger partial charge in [-0.1, -0.05) is 89.8 Å². The van der Waals surface area contributed by atoms with Gasteiger partial charge >= 0.3 is 0 Å². The number of fused-ring (bicyclic) bond motifs is 1. The molecular weight excluding hydrogens is 348 g/mol. The normalized spacial score (nSPS) is 21.1. The highest BCUT2D eigenvalue weighted by atomic mass is 14.4. The van der Waals surface area contributed by atoms with Crippen molar-refractivity contribution in [3.8, 4) is 0 Å². The van der Waals surface area contributed by atoms with Crippen LogP contribution in [0.15, 0.2) is 60.3 Å². The zero-order valence-electron chi connectivity index (χ0n) is 21.6. The van der Waals surface area contributed by atoms with E-state index in [1.807, 2.05) is 13.8 Å². The third-order valence-electron chi connectivity index (χ3n) is 4.79. The van der Waals surface area contributed by atoms with Gasteiger partial charge in [0.1, 0.15) is 0 Å². The maximum absolute atomic E-state index is 3.00. The highest BCUT2D eigenvalue weighted by Gasteiger charge is 2.33. The minimum atomic E-state index is 0.811. The fraction of sp³-hybridized carbons (Fsp3) is 0.655. The van der Waals surface area contributed by atoms with Gasteiger partial charge in [0.2, 0.25) is 0 Å². The Morgan fingerprint density at radius 2 is 1.62 bits per heavy atom. The van der Waals surface area contributed by atoms with Gasteiger partial charge in [-0.05, 0) is 82.8 Å². The molecular formula is C29H54. The molecule has 170 valence electrons. The SMILES string of the molecule is C/C=C1/CC2C=CCCC2/C1=C/C.C=C.CC.CCC.CCCCCC=C(C)C. The first-order valence-corrected chi connectivity index (χ1v) is 12.2. The Balaban J connectivity index is -0.000000371. The third-order valence-corrected chi connectivity index (χ3v) is 4.79. The van der Waals surface area contributed by atoms with Crippen molar-refractivity contribution in [3.63, 3.8) is 0 Å². The third kappa shape index (κ3) is 16.2. The molecule has 0 heterocycles. The van der Waals surface area contributed by atoms with Crippen LogP contribution in [0.4, 0.5) is 0 Å². The van der Waals surface area contributed by atoms with Crippen molar-refractivity contribution in [3.05, 3.63) is 60.3 Å².